The van der Waals surface area contributed by atoms with Crippen LogP contribution < -0.4 is 15.8 Å². The topological polar surface area (TPSA) is 98.5 Å². The lowest BCUT2D eigenvalue weighted by atomic mass is 10.2. The lowest BCUT2D eigenvalue weighted by Gasteiger charge is -2.11. The van der Waals surface area contributed by atoms with Crippen LogP contribution in [0.3, 0.4) is 0 Å². The first-order valence-electron chi connectivity index (χ1n) is 6.17. The van der Waals surface area contributed by atoms with Crippen molar-refractivity contribution in [3.8, 4) is 5.75 Å². The van der Waals surface area contributed by atoms with Gasteiger partial charge in [0.2, 0.25) is 5.91 Å². The van der Waals surface area contributed by atoms with Crippen molar-refractivity contribution >= 4 is 27.1 Å². The van der Waals surface area contributed by atoms with Crippen LogP contribution in [0.25, 0.3) is 0 Å². The molecule has 0 aliphatic carbocycles. The fraction of sp³-hybridized carbons (Fsp3) is 0.462. The van der Waals surface area contributed by atoms with E-state index in [2.05, 4.69) is 5.32 Å². The number of rotatable bonds is 6. The van der Waals surface area contributed by atoms with Crippen molar-refractivity contribution in [3.05, 3.63) is 18.2 Å². The van der Waals surface area contributed by atoms with Gasteiger partial charge in [0.15, 0.2) is 9.84 Å². The Hall–Kier alpha value is -1.76. The number of amides is 1. The van der Waals surface area contributed by atoms with Crippen LogP contribution in [0.5, 0.6) is 5.75 Å². The quantitative estimate of drug-likeness (QED) is 0.771. The predicted octanol–water partition coefficient (Wildman–Crippen LogP) is 1.29. The van der Waals surface area contributed by atoms with E-state index in [1.807, 2.05) is 0 Å². The van der Waals surface area contributed by atoms with Crippen molar-refractivity contribution in [2.45, 2.75) is 13.8 Å². The SMILES string of the molecule is COc1ccc(N)c(NC(=O)CS(=O)(=O)CC(C)C)c1. The van der Waals surface area contributed by atoms with Crippen LogP contribution in [0, 0.1) is 5.92 Å². The molecule has 0 saturated carbocycles. The van der Waals surface area contributed by atoms with Gasteiger partial charge in [-0.15, -0.1) is 0 Å². The molecular formula is C13H20N2O4S. The molecule has 0 aliphatic heterocycles. The molecule has 6 nitrogen and oxygen atoms in total. The molecule has 112 valence electrons. The molecule has 0 spiro atoms. The summed E-state index contributed by atoms with van der Waals surface area (Å²) in [5, 5.41) is 2.49. The standard InChI is InChI=1S/C13H20N2O4S/c1-9(2)7-20(17,18)8-13(16)15-12-6-10(19-3)4-5-11(12)14/h4-6,9H,7-8,14H2,1-3H3,(H,15,16). The highest BCUT2D eigenvalue weighted by atomic mass is 32.2. The molecule has 0 saturated heterocycles. The molecule has 0 bridgehead atoms. The summed E-state index contributed by atoms with van der Waals surface area (Å²) in [7, 11) is -1.92. The van der Waals surface area contributed by atoms with Crippen LogP contribution >= 0.6 is 0 Å². The van der Waals surface area contributed by atoms with Crippen molar-refractivity contribution in [1.29, 1.82) is 0 Å². The average Bonchev–Trinajstić information content (AvgIpc) is 2.29. The fourth-order valence-electron chi connectivity index (χ4n) is 1.72. The van der Waals surface area contributed by atoms with Gasteiger partial charge in [0.1, 0.15) is 11.5 Å². The van der Waals surface area contributed by atoms with Crippen molar-refractivity contribution in [1.82, 2.24) is 0 Å². The van der Waals surface area contributed by atoms with Gasteiger partial charge in [-0.2, -0.15) is 0 Å². The number of nitrogens with one attached hydrogen (secondary N) is 1. The number of nitrogens with two attached hydrogens (primary N) is 1. The second kappa shape index (κ2) is 6.60. The summed E-state index contributed by atoms with van der Waals surface area (Å²) in [6, 6.07) is 4.78. The van der Waals surface area contributed by atoms with Crippen molar-refractivity contribution < 1.29 is 17.9 Å². The highest BCUT2D eigenvalue weighted by Crippen LogP contribution is 2.24. The number of anilines is 2. The number of carbonyl (C=O) groups is 1. The molecule has 0 aliphatic rings. The lowest BCUT2D eigenvalue weighted by molar-refractivity contribution is -0.113. The van der Waals surface area contributed by atoms with E-state index in [4.69, 9.17) is 10.5 Å². The summed E-state index contributed by atoms with van der Waals surface area (Å²) < 4.78 is 28.5. The van der Waals surface area contributed by atoms with E-state index in [-0.39, 0.29) is 11.7 Å². The Morgan fingerprint density at radius 3 is 2.60 bits per heavy atom. The van der Waals surface area contributed by atoms with Gasteiger partial charge in [0.05, 0.1) is 24.2 Å². The number of ether oxygens (including phenoxy) is 1. The van der Waals surface area contributed by atoms with E-state index in [1.165, 1.54) is 7.11 Å². The number of carbonyl (C=O) groups excluding carboxylic acids is 1. The molecule has 1 aromatic rings. The Balaban J connectivity index is 2.76. The number of benzene rings is 1. The molecule has 0 heterocycles. The molecule has 1 aromatic carbocycles. The Morgan fingerprint density at radius 2 is 2.05 bits per heavy atom. The molecule has 1 rings (SSSR count). The normalized spacial score (nSPS) is 11.4. The summed E-state index contributed by atoms with van der Waals surface area (Å²) in [6.45, 7) is 3.57. The van der Waals surface area contributed by atoms with E-state index in [1.54, 1.807) is 32.0 Å². The van der Waals surface area contributed by atoms with Gasteiger partial charge in [0.25, 0.3) is 0 Å². The van der Waals surface area contributed by atoms with Gasteiger partial charge in [-0.1, -0.05) is 13.8 Å². The minimum Gasteiger partial charge on any atom is -0.497 e. The number of sulfone groups is 1. The summed E-state index contributed by atoms with van der Waals surface area (Å²) in [6.07, 6.45) is 0. The minimum atomic E-state index is -3.41. The maximum atomic E-state index is 11.8. The Bertz CT molecular complexity index is 582. The number of hydrogen-bond acceptors (Lipinski definition) is 5. The molecule has 0 radical (unpaired) electrons. The van der Waals surface area contributed by atoms with Crippen molar-refractivity contribution in [2.24, 2.45) is 5.92 Å². The third-order valence-corrected chi connectivity index (χ3v) is 4.35. The van der Waals surface area contributed by atoms with Crippen LogP contribution in [-0.2, 0) is 14.6 Å². The molecule has 20 heavy (non-hydrogen) atoms. The van der Waals surface area contributed by atoms with Gasteiger partial charge in [-0.05, 0) is 18.1 Å². The number of hydrogen-bond donors (Lipinski definition) is 2. The zero-order valence-electron chi connectivity index (χ0n) is 11.8. The minimum absolute atomic E-state index is 0.0188. The van der Waals surface area contributed by atoms with Gasteiger partial charge < -0.3 is 15.8 Å². The Labute approximate surface area is 119 Å². The Morgan fingerprint density at radius 1 is 1.40 bits per heavy atom. The third kappa shape index (κ3) is 5.08. The summed E-state index contributed by atoms with van der Waals surface area (Å²) in [4.78, 5) is 11.8. The lowest BCUT2D eigenvalue weighted by Crippen LogP contribution is -2.26. The average molecular weight is 300 g/mol. The first kappa shape index (κ1) is 16.3. The maximum Gasteiger partial charge on any atom is 0.239 e. The number of methoxy groups -OCH3 is 1. The second-order valence-electron chi connectivity index (χ2n) is 4.95. The molecule has 0 fully saturated rings. The zero-order valence-corrected chi connectivity index (χ0v) is 12.7. The summed E-state index contributed by atoms with van der Waals surface area (Å²) in [5.41, 5.74) is 6.41. The van der Waals surface area contributed by atoms with Gasteiger partial charge in [-0.3, -0.25) is 4.79 Å². The van der Waals surface area contributed by atoms with Gasteiger partial charge in [0, 0.05) is 6.07 Å². The first-order valence-corrected chi connectivity index (χ1v) is 7.99. The highest BCUT2D eigenvalue weighted by Gasteiger charge is 2.19. The van der Waals surface area contributed by atoms with Crippen LogP contribution in [0.2, 0.25) is 0 Å². The van der Waals surface area contributed by atoms with Gasteiger partial charge >= 0.3 is 0 Å². The molecule has 0 unspecified atom stereocenters. The predicted molar refractivity (Wildman–Crippen MR) is 79.5 cm³/mol. The molecule has 0 aromatic heterocycles. The maximum absolute atomic E-state index is 11.8. The summed E-state index contributed by atoms with van der Waals surface area (Å²) >= 11 is 0. The number of nitrogen functional groups attached to an aromatic ring is 1. The van der Waals surface area contributed by atoms with E-state index in [0.29, 0.717) is 17.1 Å². The summed E-state index contributed by atoms with van der Waals surface area (Å²) in [5.74, 6) is -0.671. The molecule has 1 amide bonds. The Kier molecular flexibility index (Phi) is 5.38. The molecular weight excluding hydrogens is 280 g/mol. The van der Waals surface area contributed by atoms with Crippen molar-refractivity contribution in [3.63, 3.8) is 0 Å². The van der Waals surface area contributed by atoms with Crippen LogP contribution in [-0.4, -0.2) is 32.9 Å². The van der Waals surface area contributed by atoms with E-state index >= 15 is 0 Å². The van der Waals surface area contributed by atoms with Crippen LogP contribution in [0.1, 0.15) is 13.8 Å². The third-order valence-electron chi connectivity index (χ3n) is 2.47. The van der Waals surface area contributed by atoms with Crippen molar-refractivity contribution in [2.75, 3.05) is 29.7 Å². The van der Waals surface area contributed by atoms with Gasteiger partial charge in [-0.25, -0.2) is 8.42 Å². The van der Waals surface area contributed by atoms with Crippen LogP contribution in [0.4, 0.5) is 11.4 Å². The van der Waals surface area contributed by atoms with E-state index in [9.17, 15) is 13.2 Å². The second-order valence-corrected chi connectivity index (χ2v) is 7.06. The fourth-order valence-corrected chi connectivity index (χ4v) is 3.33. The van der Waals surface area contributed by atoms with Crippen LogP contribution in [0.15, 0.2) is 18.2 Å². The zero-order chi connectivity index (χ0) is 15.3. The smallest absolute Gasteiger partial charge is 0.239 e. The monoisotopic (exact) mass is 300 g/mol. The highest BCUT2D eigenvalue weighted by molar-refractivity contribution is 7.92. The first-order chi connectivity index (χ1) is 9.23. The largest absolute Gasteiger partial charge is 0.497 e. The van der Waals surface area contributed by atoms with E-state index < -0.39 is 21.5 Å². The molecule has 0 atom stereocenters. The molecule has 7 heteroatoms. The molecule has 3 N–H and O–H groups in total. The van der Waals surface area contributed by atoms with E-state index in [0.717, 1.165) is 0 Å².